The highest BCUT2D eigenvalue weighted by atomic mass is 35.5. The van der Waals surface area contributed by atoms with E-state index in [-0.39, 0.29) is 13.0 Å². The van der Waals surface area contributed by atoms with Crippen LogP contribution in [-0.2, 0) is 16.0 Å². The van der Waals surface area contributed by atoms with Crippen molar-refractivity contribution in [1.29, 1.82) is 0 Å². The first-order valence-corrected chi connectivity index (χ1v) is 7.37. The fourth-order valence-electron chi connectivity index (χ4n) is 1.99. The van der Waals surface area contributed by atoms with Gasteiger partial charge in [-0.25, -0.2) is 4.79 Å². The molecule has 0 saturated carbocycles. The molecule has 23 heavy (non-hydrogen) atoms. The van der Waals surface area contributed by atoms with Crippen molar-refractivity contribution < 1.29 is 19.4 Å². The van der Waals surface area contributed by atoms with Gasteiger partial charge in [-0.1, -0.05) is 48.0 Å². The molecule has 0 aromatic heterocycles. The van der Waals surface area contributed by atoms with Gasteiger partial charge in [-0.3, -0.25) is 4.79 Å². The zero-order chi connectivity index (χ0) is 16.7. The van der Waals surface area contributed by atoms with Gasteiger partial charge in [0, 0.05) is 11.4 Å². The number of amides is 1. The molecule has 0 aliphatic rings. The molecule has 2 rings (SSSR count). The number of carbonyl (C=O) groups excluding carboxylic acids is 1. The molecule has 120 valence electrons. The minimum Gasteiger partial charge on any atom is -0.484 e. The summed E-state index contributed by atoms with van der Waals surface area (Å²) in [6.45, 7) is -0.279. The molecule has 0 saturated heterocycles. The van der Waals surface area contributed by atoms with Gasteiger partial charge in [0.05, 0.1) is 0 Å². The van der Waals surface area contributed by atoms with E-state index in [0.717, 1.165) is 5.56 Å². The third-order valence-electron chi connectivity index (χ3n) is 3.08. The van der Waals surface area contributed by atoms with Gasteiger partial charge in [-0.15, -0.1) is 0 Å². The summed E-state index contributed by atoms with van der Waals surface area (Å²) in [6.07, 6.45) is 0.207. The van der Waals surface area contributed by atoms with Crippen molar-refractivity contribution in [1.82, 2.24) is 5.32 Å². The Morgan fingerprint density at radius 2 is 1.87 bits per heavy atom. The minimum absolute atomic E-state index is 0.207. The van der Waals surface area contributed by atoms with E-state index in [4.69, 9.17) is 16.3 Å². The highest BCUT2D eigenvalue weighted by molar-refractivity contribution is 6.30. The zero-order valence-electron chi connectivity index (χ0n) is 12.2. The van der Waals surface area contributed by atoms with Crippen molar-refractivity contribution in [3.63, 3.8) is 0 Å². The van der Waals surface area contributed by atoms with E-state index in [9.17, 15) is 14.7 Å². The maximum absolute atomic E-state index is 11.9. The van der Waals surface area contributed by atoms with E-state index in [2.05, 4.69) is 5.32 Å². The summed E-state index contributed by atoms with van der Waals surface area (Å²) in [6, 6.07) is 14.7. The largest absolute Gasteiger partial charge is 0.484 e. The molecule has 0 aliphatic heterocycles. The van der Waals surface area contributed by atoms with Gasteiger partial charge in [-0.2, -0.15) is 0 Å². The van der Waals surface area contributed by atoms with E-state index in [1.54, 1.807) is 24.3 Å². The standard InChI is InChI=1S/C17H16ClNO4/c18-13-7-4-8-14(10-13)23-11-16(20)19-15(17(21)22)9-12-5-2-1-3-6-12/h1-8,10,15H,9,11H2,(H,19,20)(H,21,22). The van der Waals surface area contributed by atoms with Gasteiger partial charge in [0.1, 0.15) is 11.8 Å². The third kappa shape index (κ3) is 5.64. The molecule has 0 fully saturated rings. The predicted octanol–water partition coefficient (Wildman–Crippen LogP) is 2.53. The second-order valence-electron chi connectivity index (χ2n) is 4.89. The molecular weight excluding hydrogens is 318 g/mol. The Hall–Kier alpha value is -2.53. The Kier molecular flexibility index (Phi) is 6.00. The van der Waals surface area contributed by atoms with Gasteiger partial charge in [0.2, 0.25) is 0 Å². The van der Waals surface area contributed by atoms with E-state index >= 15 is 0 Å². The Labute approximate surface area is 138 Å². The lowest BCUT2D eigenvalue weighted by Gasteiger charge is -2.15. The molecule has 5 nitrogen and oxygen atoms in total. The van der Waals surface area contributed by atoms with Crippen LogP contribution in [0.4, 0.5) is 0 Å². The second-order valence-corrected chi connectivity index (χ2v) is 5.33. The third-order valence-corrected chi connectivity index (χ3v) is 3.32. The number of aliphatic carboxylic acids is 1. The number of hydrogen-bond acceptors (Lipinski definition) is 3. The van der Waals surface area contributed by atoms with Crippen LogP contribution in [0.25, 0.3) is 0 Å². The quantitative estimate of drug-likeness (QED) is 0.816. The van der Waals surface area contributed by atoms with Crippen LogP contribution in [0.3, 0.4) is 0 Å². The number of carboxylic acid groups (broad SMARTS) is 1. The second kappa shape index (κ2) is 8.19. The Balaban J connectivity index is 1.89. The molecule has 0 aliphatic carbocycles. The molecule has 0 heterocycles. The Bertz CT molecular complexity index is 675. The molecule has 2 aromatic rings. The lowest BCUT2D eigenvalue weighted by Crippen LogP contribution is -2.44. The summed E-state index contributed by atoms with van der Waals surface area (Å²) < 4.78 is 5.29. The lowest BCUT2D eigenvalue weighted by molar-refractivity contribution is -0.142. The molecule has 2 N–H and O–H groups in total. The number of hydrogen-bond donors (Lipinski definition) is 2. The first-order chi connectivity index (χ1) is 11.0. The van der Waals surface area contributed by atoms with Gasteiger partial charge < -0.3 is 15.2 Å². The Morgan fingerprint density at radius 3 is 2.52 bits per heavy atom. The summed E-state index contributed by atoms with van der Waals surface area (Å²) in [5, 5.41) is 12.2. The fraction of sp³-hybridized carbons (Fsp3) is 0.176. The SMILES string of the molecule is O=C(COc1cccc(Cl)c1)NC(Cc1ccccc1)C(=O)O. The lowest BCUT2D eigenvalue weighted by atomic mass is 10.1. The average molecular weight is 334 g/mol. The number of benzene rings is 2. The number of rotatable bonds is 7. The normalized spacial score (nSPS) is 11.5. The van der Waals surface area contributed by atoms with E-state index in [0.29, 0.717) is 10.8 Å². The van der Waals surface area contributed by atoms with Gasteiger partial charge in [0.25, 0.3) is 5.91 Å². The number of carboxylic acids is 1. The number of carbonyl (C=O) groups is 2. The number of ether oxygens (including phenoxy) is 1. The summed E-state index contributed by atoms with van der Waals surface area (Å²) >= 11 is 5.82. The summed E-state index contributed by atoms with van der Waals surface area (Å²) in [4.78, 5) is 23.2. The van der Waals surface area contributed by atoms with Gasteiger partial charge >= 0.3 is 5.97 Å². The fourth-order valence-corrected chi connectivity index (χ4v) is 2.17. The van der Waals surface area contributed by atoms with Crippen LogP contribution in [0.2, 0.25) is 5.02 Å². The van der Waals surface area contributed by atoms with Crippen LogP contribution in [0.5, 0.6) is 5.75 Å². The van der Waals surface area contributed by atoms with Crippen LogP contribution in [-0.4, -0.2) is 29.6 Å². The monoisotopic (exact) mass is 333 g/mol. The first kappa shape index (κ1) is 16.8. The first-order valence-electron chi connectivity index (χ1n) is 6.99. The molecule has 1 unspecified atom stereocenters. The molecule has 0 radical (unpaired) electrons. The van der Waals surface area contributed by atoms with Crippen LogP contribution < -0.4 is 10.1 Å². The van der Waals surface area contributed by atoms with E-state index in [1.165, 1.54) is 0 Å². The van der Waals surface area contributed by atoms with Crippen molar-refractivity contribution >= 4 is 23.5 Å². The van der Waals surface area contributed by atoms with Crippen LogP contribution >= 0.6 is 11.6 Å². The summed E-state index contributed by atoms with van der Waals surface area (Å²) in [7, 11) is 0. The summed E-state index contributed by atoms with van der Waals surface area (Å²) in [5.74, 6) is -1.15. The van der Waals surface area contributed by atoms with Crippen molar-refractivity contribution in [2.24, 2.45) is 0 Å². The van der Waals surface area contributed by atoms with Crippen LogP contribution in [0.15, 0.2) is 54.6 Å². The van der Waals surface area contributed by atoms with Gasteiger partial charge in [0.15, 0.2) is 6.61 Å². The molecule has 1 amide bonds. The molecular formula is C17H16ClNO4. The topological polar surface area (TPSA) is 75.6 Å². The number of halogens is 1. The highest BCUT2D eigenvalue weighted by Gasteiger charge is 2.20. The molecule has 2 aromatic carbocycles. The number of nitrogens with one attached hydrogen (secondary N) is 1. The van der Waals surface area contributed by atoms with E-state index < -0.39 is 17.9 Å². The van der Waals surface area contributed by atoms with Crippen molar-refractivity contribution in [2.75, 3.05) is 6.61 Å². The maximum Gasteiger partial charge on any atom is 0.326 e. The maximum atomic E-state index is 11.9. The van der Waals surface area contributed by atoms with E-state index in [1.807, 2.05) is 30.3 Å². The van der Waals surface area contributed by atoms with Crippen LogP contribution in [0, 0.1) is 0 Å². The molecule has 0 spiro atoms. The average Bonchev–Trinajstić information content (AvgIpc) is 2.53. The van der Waals surface area contributed by atoms with Crippen LogP contribution in [0.1, 0.15) is 5.56 Å². The minimum atomic E-state index is -1.09. The summed E-state index contributed by atoms with van der Waals surface area (Å²) in [5.41, 5.74) is 0.830. The van der Waals surface area contributed by atoms with Gasteiger partial charge in [-0.05, 0) is 23.8 Å². The smallest absolute Gasteiger partial charge is 0.326 e. The van der Waals surface area contributed by atoms with Crippen molar-refractivity contribution in [2.45, 2.75) is 12.5 Å². The molecule has 6 heteroatoms. The Morgan fingerprint density at radius 1 is 1.13 bits per heavy atom. The zero-order valence-corrected chi connectivity index (χ0v) is 13.0. The molecule has 0 bridgehead atoms. The molecule has 1 atom stereocenters. The van der Waals surface area contributed by atoms with Crippen molar-refractivity contribution in [3.8, 4) is 5.75 Å². The van der Waals surface area contributed by atoms with Crippen molar-refractivity contribution in [3.05, 3.63) is 65.2 Å². The highest BCUT2D eigenvalue weighted by Crippen LogP contribution is 2.16. The predicted molar refractivity (Wildman–Crippen MR) is 86.7 cm³/mol.